The Bertz CT molecular complexity index is 1010. The molecule has 3 aromatic rings. The number of carbonyl (C=O) groups excluding carboxylic acids is 2. The second-order valence-corrected chi connectivity index (χ2v) is 6.72. The molecule has 0 atom stereocenters. The maximum Gasteiger partial charge on any atom is 0.339 e. The van der Waals surface area contributed by atoms with Crippen molar-refractivity contribution in [3.63, 3.8) is 0 Å². The molecule has 29 heavy (non-hydrogen) atoms. The van der Waals surface area contributed by atoms with Crippen LogP contribution < -0.4 is 10.1 Å². The maximum atomic E-state index is 12.6. The highest BCUT2D eigenvalue weighted by atomic mass is 16.5. The molecule has 6 heteroatoms. The Labute approximate surface area is 169 Å². The van der Waals surface area contributed by atoms with E-state index >= 15 is 0 Å². The molecule has 2 N–H and O–H groups in total. The van der Waals surface area contributed by atoms with Gasteiger partial charge in [-0.1, -0.05) is 42.5 Å². The molecule has 1 aromatic heterocycles. The van der Waals surface area contributed by atoms with E-state index in [0.717, 1.165) is 16.9 Å². The lowest BCUT2D eigenvalue weighted by atomic mass is 10.1. The molecule has 0 radical (unpaired) electrons. The number of nitrogens with one attached hydrogen (secondary N) is 2. The summed E-state index contributed by atoms with van der Waals surface area (Å²) in [6, 6.07) is 17.5. The molecule has 1 amide bonds. The molecule has 0 saturated heterocycles. The normalized spacial score (nSPS) is 10.4. The molecule has 0 bridgehead atoms. The number of H-pyrrole nitrogens is 1. The number of carbonyl (C=O) groups is 2. The van der Waals surface area contributed by atoms with Crippen LogP contribution in [0.5, 0.6) is 5.75 Å². The first-order chi connectivity index (χ1) is 14.0. The Morgan fingerprint density at radius 2 is 1.72 bits per heavy atom. The number of amides is 1. The third-order valence-electron chi connectivity index (χ3n) is 4.65. The number of aromatic nitrogens is 1. The fourth-order valence-electron chi connectivity index (χ4n) is 3.14. The number of hydrogen-bond acceptors (Lipinski definition) is 4. The molecule has 3 rings (SSSR count). The first-order valence-electron chi connectivity index (χ1n) is 9.31. The largest absolute Gasteiger partial charge is 0.489 e. The van der Waals surface area contributed by atoms with E-state index in [1.165, 1.54) is 7.11 Å². The Balaban J connectivity index is 1.63. The minimum absolute atomic E-state index is 0.281. The predicted molar refractivity (Wildman–Crippen MR) is 110 cm³/mol. The lowest BCUT2D eigenvalue weighted by Crippen LogP contribution is -2.24. The first kappa shape index (κ1) is 20.2. The smallest absolute Gasteiger partial charge is 0.339 e. The van der Waals surface area contributed by atoms with Crippen molar-refractivity contribution in [2.24, 2.45) is 0 Å². The van der Waals surface area contributed by atoms with Crippen LogP contribution in [0.15, 0.2) is 54.6 Å². The summed E-state index contributed by atoms with van der Waals surface area (Å²) < 4.78 is 10.6. The van der Waals surface area contributed by atoms with Gasteiger partial charge in [0.1, 0.15) is 18.1 Å². The van der Waals surface area contributed by atoms with Gasteiger partial charge in [0, 0.05) is 12.2 Å². The molecule has 0 unspecified atom stereocenters. The summed E-state index contributed by atoms with van der Waals surface area (Å²) in [4.78, 5) is 27.4. The van der Waals surface area contributed by atoms with Crippen molar-refractivity contribution < 1.29 is 19.1 Å². The molecular formula is C23H24N2O4. The van der Waals surface area contributed by atoms with Gasteiger partial charge in [-0.15, -0.1) is 0 Å². The van der Waals surface area contributed by atoms with E-state index in [0.29, 0.717) is 35.7 Å². The summed E-state index contributed by atoms with van der Waals surface area (Å²) >= 11 is 0. The van der Waals surface area contributed by atoms with E-state index in [1.807, 2.05) is 54.6 Å². The quantitative estimate of drug-likeness (QED) is 0.597. The van der Waals surface area contributed by atoms with Crippen molar-refractivity contribution in [2.75, 3.05) is 7.11 Å². The Kier molecular flexibility index (Phi) is 6.34. The van der Waals surface area contributed by atoms with E-state index in [9.17, 15) is 9.59 Å². The van der Waals surface area contributed by atoms with Gasteiger partial charge in [0.15, 0.2) is 0 Å². The van der Waals surface area contributed by atoms with Gasteiger partial charge in [0.2, 0.25) is 0 Å². The van der Waals surface area contributed by atoms with E-state index in [-0.39, 0.29) is 5.91 Å². The van der Waals surface area contributed by atoms with Crippen LogP contribution in [0.2, 0.25) is 0 Å². The summed E-state index contributed by atoms with van der Waals surface area (Å²) in [5, 5.41) is 2.88. The fraction of sp³-hybridized carbons (Fsp3) is 0.217. The van der Waals surface area contributed by atoms with Gasteiger partial charge in [-0.2, -0.15) is 0 Å². The molecule has 0 fully saturated rings. The molecule has 0 spiro atoms. The molecule has 0 saturated carbocycles. The van der Waals surface area contributed by atoms with Gasteiger partial charge >= 0.3 is 5.97 Å². The standard InChI is InChI=1S/C23H24N2O4/c1-15-20(23(27)28-3)16(2)25-21(15)22(26)24-13-18-10-7-11-19(12-18)29-14-17-8-5-4-6-9-17/h4-12,25H,13-14H2,1-3H3,(H,24,26). The number of aryl methyl sites for hydroxylation is 1. The zero-order valence-electron chi connectivity index (χ0n) is 16.7. The topological polar surface area (TPSA) is 80.4 Å². The Hall–Kier alpha value is -3.54. The lowest BCUT2D eigenvalue weighted by molar-refractivity contribution is 0.0599. The van der Waals surface area contributed by atoms with Crippen molar-refractivity contribution in [1.29, 1.82) is 0 Å². The van der Waals surface area contributed by atoms with Crippen LogP contribution in [0.4, 0.5) is 0 Å². The van der Waals surface area contributed by atoms with Crippen LogP contribution >= 0.6 is 0 Å². The zero-order chi connectivity index (χ0) is 20.8. The van der Waals surface area contributed by atoms with E-state index in [4.69, 9.17) is 9.47 Å². The van der Waals surface area contributed by atoms with Crippen molar-refractivity contribution >= 4 is 11.9 Å². The van der Waals surface area contributed by atoms with Gasteiger partial charge in [0.05, 0.1) is 12.7 Å². The minimum atomic E-state index is -0.460. The maximum absolute atomic E-state index is 12.6. The van der Waals surface area contributed by atoms with Crippen molar-refractivity contribution in [3.05, 3.63) is 88.2 Å². The molecule has 150 valence electrons. The molecule has 0 aliphatic carbocycles. The number of ether oxygens (including phenoxy) is 2. The van der Waals surface area contributed by atoms with Gasteiger partial charge in [-0.3, -0.25) is 4.79 Å². The summed E-state index contributed by atoms with van der Waals surface area (Å²) in [6.45, 7) is 4.28. The number of aromatic amines is 1. The van der Waals surface area contributed by atoms with Crippen molar-refractivity contribution in [3.8, 4) is 5.75 Å². The minimum Gasteiger partial charge on any atom is -0.489 e. The van der Waals surface area contributed by atoms with Crippen LogP contribution in [0.25, 0.3) is 0 Å². The van der Waals surface area contributed by atoms with Gasteiger partial charge in [0.25, 0.3) is 5.91 Å². The summed E-state index contributed by atoms with van der Waals surface area (Å²) in [7, 11) is 1.32. The van der Waals surface area contributed by atoms with Crippen molar-refractivity contribution in [2.45, 2.75) is 27.0 Å². The molecule has 6 nitrogen and oxygen atoms in total. The monoisotopic (exact) mass is 392 g/mol. The number of hydrogen-bond donors (Lipinski definition) is 2. The van der Waals surface area contributed by atoms with Gasteiger partial charge in [-0.25, -0.2) is 4.79 Å². The summed E-state index contributed by atoms with van der Waals surface area (Å²) in [5.41, 5.74) is 3.94. The van der Waals surface area contributed by atoms with Crippen molar-refractivity contribution in [1.82, 2.24) is 10.3 Å². The average Bonchev–Trinajstić information content (AvgIpc) is 3.05. The van der Waals surface area contributed by atoms with E-state index in [1.54, 1.807) is 13.8 Å². The molecule has 0 aliphatic heterocycles. The van der Waals surface area contributed by atoms with Crippen LogP contribution in [0, 0.1) is 13.8 Å². The highest BCUT2D eigenvalue weighted by molar-refractivity contribution is 6.00. The van der Waals surface area contributed by atoms with Crippen LogP contribution in [-0.2, 0) is 17.9 Å². The third kappa shape index (κ3) is 4.85. The second-order valence-electron chi connectivity index (χ2n) is 6.72. The van der Waals surface area contributed by atoms with Crippen LogP contribution in [-0.4, -0.2) is 24.0 Å². The van der Waals surface area contributed by atoms with Gasteiger partial charge in [-0.05, 0) is 42.7 Å². The van der Waals surface area contributed by atoms with Gasteiger partial charge < -0.3 is 19.8 Å². The molecule has 2 aromatic carbocycles. The molecule has 0 aliphatic rings. The molecular weight excluding hydrogens is 368 g/mol. The zero-order valence-corrected chi connectivity index (χ0v) is 16.7. The van der Waals surface area contributed by atoms with E-state index in [2.05, 4.69) is 10.3 Å². The number of methoxy groups -OCH3 is 1. The second kappa shape index (κ2) is 9.10. The lowest BCUT2D eigenvalue weighted by Gasteiger charge is -2.09. The highest BCUT2D eigenvalue weighted by Gasteiger charge is 2.22. The number of esters is 1. The van der Waals surface area contributed by atoms with Crippen LogP contribution in [0.1, 0.15) is 43.2 Å². The summed E-state index contributed by atoms with van der Waals surface area (Å²) in [5.74, 6) is -0.00426. The predicted octanol–water partition coefficient (Wildman–Crippen LogP) is 3.93. The fourth-order valence-corrected chi connectivity index (χ4v) is 3.14. The molecule has 1 heterocycles. The average molecular weight is 392 g/mol. The third-order valence-corrected chi connectivity index (χ3v) is 4.65. The number of rotatable bonds is 7. The SMILES string of the molecule is COC(=O)c1c(C)[nH]c(C(=O)NCc2cccc(OCc3ccccc3)c2)c1C. The Morgan fingerprint density at radius 1 is 1.00 bits per heavy atom. The van der Waals surface area contributed by atoms with Crippen LogP contribution in [0.3, 0.4) is 0 Å². The number of benzene rings is 2. The summed E-state index contributed by atoms with van der Waals surface area (Å²) in [6.07, 6.45) is 0. The first-order valence-corrected chi connectivity index (χ1v) is 9.31. The Morgan fingerprint density at radius 3 is 2.45 bits per heavy atom. The highest BCUT2D eigenvalue weighted by Crippen LogP contribution is 2.19. The van der Waals surface area contributed by atoms with E-state index < -0.39 is 5.97 Å².